The Bertz CT molecular complexity index is 443. The summed E-state index contributed by atoms with van der Waals surface area (Å²) < 4.78 is 26.8. The van der Waals surface area contributed by atoms with Crippen molar-refractivity contribution in [3.8, 4) is 0 Å². The monoisotopic (exact) mass is 270 g/mol. The summed E-state index contributed by atoms with van der Waals surface area (Å²) in [7, 11) is 0. The molecule has 1 saturated heterocycles. The van der Waals surface area contributed by atoms with Crippen LogP contribution in [0.25, 0.3) is 0 Å². The second-order valence-corrected chi connectivity index (χ2v) is 5.34. The van der Waals surface area contributed by atoms with Crippen molar-refractivity contribution in [2.24, 2.45) is 5.92 Å². The zero-order valence-electron chi connectivity index (χ0n) is 11.4. The van der Waals surface area contributed by atoms with Gasteiger partial charge in [0.1, 0.15) is 0 Å². The lowest BCUT2D eigenvalue weighted by molar-refractivity contribution is 0.230. The van der Waals surface area contributed by atoms with Crippen molar-refractivity contribution in [3.05, 3.63) is 17.7 Å². The second-order valence-electron chi connectivity index (χ2n) is 5.34. The molecule has 0 aromatic carbocycles. The van der Waals surface area contributed by atoms with Crippen LogP contribution >= 0.6 is 0 Å². The van der Waals surface area contributed by atoms with Crippen LogP contribution in [0.1, 0.15) is 13.8 Å². The van der Waals surface area contributed by atoms with Gasteiger partial charge in [-0.25, -0.2) is 13.8 Å². The average Bonchev–Trinajstić information content (AvgIpc) is 2.34. The van der Waals surface area contributed by atoms with E-state index in [0.717, 1.165) is 25.7 Å². The number of nitrogens with two attached hydrogens (primary N) is 1. The normalized spacial score (nSPS) is 17.2. The highest BCUT2D eigenvalue weighted by molar-refractivity contribution is 5.47. The molecule has 0 unspecified atom stereocenters. The van der Waals surface area contributed by atoms with Crippen molar-refractivity contribution in [2.45, 2.75) is 13.8 Å². The summed E-state index contributed by atoms with van der Waals surface area (Å²) in [5, 5.41) is 0. The lowest BCUT2D eigenvalue weighted by Crippen LogP contribution is -2.48. The predicted molar refractivity (Wildman–Crippen MR) is 72.1 cm³/mol. The average molecular weight is 270 g/mol. The number of piperazine rings is 1. The molecular formula is C13H20F2N4. The zero-order chi connectivity index (χ0) is 14.0. The number of nitrogens with zero attached hydrogens (tertiary/aromatic N) is 3. The lowest BCUT2D eigenvalue weighted by atomic mass is 10.2. The molecule has 2 rings (SSSR count). The molecule has 0 radical (unpaired) electrons. The van der Waals surface area contributed by atoms with E-state index >= 15 is 0 Å². The third-order valence-electron chi connectivity index (χ3n) is 3.23. The number of rotatable bonds is 3. The van der Waals surface area contributed by atoms with Crippen LogP contribution in [-0.2, 0) is 0 Å². The summed E-state index contributed by atoms with van der Waals surface area (Å²) in [5.41, 5.74) is 5.40. The van der Waals surface area contributed by atoms with E-state index in [1.807, 2.05) is 4.90 Å². The maximum absolute atomic E-state index is 13.7. The summed E-state index contributed by atoms with van der Waals surface area (Å²) in [6, 6.07) is 0.804. The Hall–Kier alpha value is -1.43. The first-order valence-electron chi connectivity index (χ1n) is 6.56. The molecule has 1 fully saturated rings. The molecule has 0 aliphatic carbocycles. The molecule has 1 aliphatic rings. The number of halogens is 2. The van der Waals surface area contributed by atoms with Crippen molar-refractivity contribution in [1.29, 1.82) is 0 Å². The van der Waals surface area contributed by atoms with Crippen LogP contribution in [-0.4, -0.2) is 42.6 Å². The summed E-state index contributed by atoms with van der Waals surface area (Å²) in [6.07, 6.45) is 0. The third-order valence-corrected chi connectivity index (χ3v) is 3.23. The molecular weight excluding hydrogens is 250 g/mol. The molecule has 0 amide bonds. The van der Waals surface area contributed by atoms with E-state index in [1.54, 1.807) is 0 Å². The highest BCUT2D eigenvalue weighted by atomic mass is 19.1. The van der Waals surface area contributed by atoms with Gasteiger partial charge in [0.2, 0.25) is 0 Å². The zero-order valence-corrected chi connectivity index (χ0v) is 11.4. The van der Waals surface area contributed by atoms with Crippen LogP contribution in [0.4, 0.5) is 20.4 Å². The van der Waals surface area contributed by atoms with Gasteiger partial charge in [0.05, 0.1) is 0 Å². The van der Waals surface area contributed by atoms with E-state index < -0.39 is 11.6 Å². The fourth-order valence-corrected chi connectivity index (χ4v) is 2.35. The van der Waals surface area contributed by atoms with Gasteiger partial charge in [-0.15, -0.1) is 0 Å². The van der Waals surface area contributed by atoms with Crippen LogP contribution in [0.3, 0.4) is 0 Å². The molecule has 6 heteroatoms. The smallest absolute Gasteiger partial charge is 0.168 e. The molecule has 106 valence electrons. The Morgan fingerprint density at radius 3 is 2.42 bits per heavy atom. The van der Waals surface area contributed by atoms with E-state index in [9.17, 15) is 8.78 Å². The Kier molecular flexibility index (Phi) is 4.19. The van der Waals surface area contributed by atoms with E-state index in [-0.39, 0.29) is 11.6 Å². The van der Waals surface area contributed by atoms with Gasteiger partial charge in [-0.2, -0.15) is 0 Å². The number of hydrogen-bond donors (Lipinski definition) is 1. The van der Waals surface area contributed by atoms with Gasteiger partial charge in [-0.3, -0.25) is 4.90 Å². The molecule has 2 heterocycles. The molecule has 0 saturated carbocycles. The minimum Gasteiger partial charge on any atom is -0.381 e. The van der Waals surface area contributed by atoms with Crippen molar-refractivity contribution in [3.63, 3.8) is 0 Å². The van der Waals surface area contributed by atoms with Crippen LogP contribution in [0.5, 0.6) is 0 Å². The van der Waals surface area contributed by atoms with E-state index in [2.05, 4.69) is 23.7 Å². The maximum Gasteiger partial charge on any atom is 0.168 e. The minimum absolute atomic E-state index is 0.156. The maximum atomic E-state index is 13.7. The molecule has 2 N–H and O–H groups in total. The summed E-state index contributed by atoms with van der Waals surface area (Å²) in [5.74, 6) is -0.935. The molecule has 0 atom stereocenters. The molecule has 1 aliphatic heterocycles. The first-order valence-corrected chi connectivity index (χ1v) is 6.56. The van der Waals surface area contributed by atoms with Gasteiger partial charge in [0, 0.05) is 38.8 Å². The Labute approximate surface area is 112 Å². The number of hydrogen-bond acceptors (Lipinski definition) is 4. The van der Waals surface area contributed by atoms with Crippen LogP contribution < -0.4 is 10.6 Å². The number of pyridine rings is 1. The Morgan fingerprint density at radius 2 is 1.84 bits per heavy atom. The summed E-state index contributed by atoms with van der Waals surface area (Å²) in [6.45, 7) is 8.47. The fourth-order valence-electron chi connectivity index (χ4n) is 2.35. The topological polar surface area (TPSA) is 45.4 Å². The quantitative estimate of drug-likeness (QED) is 0.908. The minimum atomic E-state index is -0.806. The van der Waals surface area contributed by atoms with Crippen LogP contribution in [0.2, 0.25) is 0 Å². The van der Waals surface area contributed by atoms with Crippen LogP contribution in [0.15, 0.2) is 6.07 Å². The molecule has 1 aromatic rings. The highest BCUT2D eigenvalue weighted by Crippen LogP contribution is 2.22. The fraction of sp³-hybridized carbons (Fsp3) is 0.615. The van der Waals surface area contributed by atoms with Gasteiger partial charge in [-0.05, 0) is 5.92 Å². The lowest BCUT2D eigenvalue weighted by Gasteiger charge is -2.36. The molecule has 19 heavy (non-hydrogen) atoms. The Balaban J connectivity index is 2.03. The highest BCUT2D eigenvalue weighted by Gasteiger charge is 2.22. The van der Waals surface area contributed by atoms with Crippen molar-refractivity contribution >= 4 is 11.6 Å². The van der Waals surface area contributed by atoms with Gasteiger partial charge >= 0.3 is 0 Å². The van der Waals surface area contributed by atoms with Crippen molar-refractivity contribution in [2.75, 3.05) is 43.4 Å². The van der Waals surface area contributed by atoms with E-state index in [0.29, 0.717) is 19.0 Å². The number of anilines is 2. The molecule has 0 bridgehead atoms. The third kappa shape index (κ3) is 3.32. The second kappa shape index (κ2) is 5.69. The van der Waals surface area contributed by atoms with E-state index in [4.69, 9.17) is 5.73 Å². The Morgan fingerprint density at radius 1 is 1.21 bits per heavy atom. The predicted octanol–water partition coefficient (Wildman–Crippen LogP) is 1.72. The largest absolute Gasteiger partial charge is 0.381 e. The first-order chi connectivity index (χ1) is 8.97. The van der Waals surface area contributed by atoms with Gasteiger partial charge in [0.25, 0.3) is 0 Å². The standard InChI is InChI=1S/C13H20F2N4/c1-9(2)8-18-3-5-19(6-4-18)13-11(15)7-10(14)12(16)17-13/h7,9H,3-6,8H2,1-2H3,(H2,16,17). The van der Waals surface area contributed by atoms with Crippen LogP contribution in [0, 0.1) is 17.6 Å². The first kappa shape index (κ1) is 14.0. The molecule has 1 aromatic heterocycles. The summed E-state index contributed by atoms with van der Waals surface area (Å²) >= 11 is 0. The number of nitrogen functional groups attached to an aromatic ring is 1. The van der Waals surface area contributed by atoms with Crippen molar-refractivity contribution < 1.29 is 8.78 Å². The van der Waals surface area contributed by atoms with Gasteiger partial charge < -0.3 is 10.6 Å². The molecule has 0 spiro atoms. The molecule has 4 nitrogen and oxygen atoms in total. The van der Waals surface area contributed by atoms with Crippen molar-refractivity contribution in [1.82, 2.24) is 9.88 Å². The summed E-state index contributed by atoms with van der Waals surface area (Å²) in [4.78, 5) is 7.98. The van der Waals surface area contributed by atoms with Gasteiger partial charge in [-0.1, -0.05) is 13.8 Å². The number of aromatic nitrogens is 1. The SMILES string of the molecule is CC(C)CN1CCN(c2nc(N)c(F)cc2F)CC1. The van der Waals surface area contributed by atoms with E-state index in [1.165, 1.54) is 0 Å². The van der Waals surface area contributed by atoms with Gasteiger partial charge in [0.15, 0.2) is 23.3 Å².